The van der Waals surface area contributed by atoms with E-state index in [1.807, 2.05) is 30.3 Å². The SMILES string of the molecule is CN1CCN(c2ncc(C(=O)NCc3cccc4ccccc34)c(C3(c4ccc(Cl)cc4)CCCC3)n2)CC1. The van der Waals surface area contributed by atoms with E-state index in [0.717, 1.165) is 79.5 Å². The number of piperazine rings is 1. The lowest BCUT2D eigenvalue weighted by atomic mass is 9.74. The van der Waals surface area contributed by atoms with Crippen LogP contribution in [0.3, 0.4) is 0 Å². The van der Waals surface area contributed by atoms with Crippen LogP contribution < -0.4 is 10.2 Å². The molecule has 1 aliphatic heterocycles. The largest absolute Gasteiger partial charge is 0.348 e. The second-order valence-corrected chi connectivity index (χ2v) is 11.3. The van der Waals surface area contributed by atoms with Crippen LogP contribution in [0.1, 0.15) is 52.9 Å². The van der Waals surface area contributed by atoms with Crippen molar-refractivity contribution in [2.75, 3.05) is 38.1 Å². The third-order valence-corrected chi connectivity index (χ3v) is 8.69. The summed E-state index contributed by atoms with van der Waals surface area (Å²) in [6.45, 7) is 4.11. The van der Waals surface area contributed by atoms with Crippen molar-refractivity contribution in [3.05, 3.63) is 100 Å². The Kier molecular flexibility index (Phi) is 7.24. The lowest BCUT2D eigenvalue weighted by Gasteiger charge is -2.35. The summed E-state index contributed by atoms with van der Waals surface area (Å²) < 4.78 is 0. The maximum atomic E-state index is 13.9. The van der Waals surface area contributed by atoms with Gasteiger partial charge in [-0.15, -0.1) is 0 Å². The van der Waals surface area contributed by atoms with Gasteiger partial charge in [-0.25, -0.2) is 9.97 Å². The zero-order valence-electron chi connectivity index (χ0n) is 22.4. The summed E-state index contributed by atoms with van der Waals surface area (Å²) in [7, 11) is 2.14. The molecule has 7 heteroatoms. The first kappa shape index (κ1) is 25.8. The number of hydrogen-bond donors (Lipinski definition) is 1. The number of carbonyl (C=O) groups is 1. The molecule has 39 heavy (non-hydrogen) atoms. The Balaban J connectivity index is 1.38. The number of carbonyl (C=O) groups excluding carboxylic acids is 1. The molecule has 6 nitrogen and oxygen atoms in total. The van der Waals surface area contributed by atoms with Gasteiger partial charge in [-0.3, -0.25) is 4.79 Å². The predicted octanol–water partition coefficient (Wildman–Crippen LogP) is 5.83. The van der Waals surface area contributed by atoms with Gasteiger partial charge < -0.3 is 15.1 Å². The van der Waals surface area contributed by atoms with E-state index in [0.29, 0.717) is 23.1 Å². The predicted molar refractivity (Wildman–Crippen MR) is 158 cm³/mol. The van der Waals surface area contributed by atoms with Gasteiger partial charge in [0, 0.05) is 49.4 Å². The third-order valence-electron chi connectivity index (χ3n) is 8.43. The van der Waals surface area contributed by atoms with Gasteiger partial charge in [0.05, 0.1) is 11.3 Å². The maximum Gasteiger partial charge on any atom is 0.255 e. The molecule has 4 aromatic rings. The molecule has 3 aromatic carbocycles. The quantitative estimate of drug-likeness (QED) is 0.334. The van der Waals surface area contributed by atoms with E-state index in [2.05, 4.69) is 58.6 Å². The van der Waals surface area contributed by atoms with Crippen molar-refractivity contribution in [3.63, 3.8) is 0 Å². The van der Waals surface area contributed by atoms with Crippen molar-refractivity contribution < 1.29 is 4.79 Å². The molecule has 2 fully saturated rings. The standard InChI is InChI=1S/C32H34ClN5O/c1-37-17-19-38(20-18-37)31-35-22-28(30(39)34-21-24-9-6-8-23-7-2-3-10-27(23)24)29(36-31)32(15-4-5-16-32)25-11-13-26(33)14-12-25/h2-3,6-14,22H,4-5,15-21H2,1H3,(H,34,39). The number of benzene rings is 3. The summed E-state index contributed by atoms with van der Waals surface area (Å²) in [4.78, 5) is 28.4. The van der Waals surface area contributed by atoms with Crippen LogP contribution in [0, 0.1) is 0 Å². The summed E-state index contributed by atoms with van der Waals surface area (Å²) in [6, 6.07) is 22.6. The minimum absolute atomic E-state index is 0.136. The first-order valence-corrected chi connectivity index (χ1v) is 14.2. The van der Waals surface area contributed by atoms with Crippen molar-refractivity contribution >= 4 is 34.2 Å². The van der Waals surface area contributed by atoms with Crippen molar-refractivity contribution in [3.8, 4) is 0 Å². The van der Waals surface area contributed by atoms with Gasteiger partial charge in [-0.05, 0) is 53.9 Å². The van der Waals surface area contributed by atoms with E-state index in [-0.39, 0.29) is 11.3 Å². The molecule has 1 saturated heterocycles. The Labute approximate surface area is 235 Å². The molecule has 6 rings (SSSR count). The number of rotatable bonds is 6. The average molecular weight is 540 g/mol. The highest BCUT2D eigenvalue weighted by molar-refractivity contribution is 6.30. The van der Waals surface area contributed by atoms with Crippen LogP contribution in [0.2, 0.25) is 5.02 Å². The molecular formula is C32H34ClN5O. The van der Waals surface area contributed by atoms with Crippen molar-refractivity contribution in [1.82, 2.24) is 20.2 Å². The summed E-state index contributed by atoms with van der Waals surface area (Å²) in [5.41, 5.74) is 3.30. The van der Waals surface area contributed by atoms with Gasteiger partial charge in [0.25, 0.3) is 5.91 Å². The zero-order valence-corrected chi connectivity index (χ0v) is 23.1. The molecule has 1 saturated carbocycles. The smallest absolute Gasteiger partial charge is 0.255 e. The lowest BCUT2D eigenvalue weighted by molar-refractivity contribution is 0.0948. The molecule has 2 heterocycles. The minimum Gasteiger partial charge on any atom is -0.348 e. The zero-order chi connectivity index (χ0) is 26.8. The molecule has 1 amide bonds. The van der Waals surface area contributed by atoms with Crippen LogP contribution in [-0.2, 0) is 12.0 Å². The van der Waals surface area contributed by atoms with Gasteiger partial charge in [0.1, 0.15) is 0 Å². The van der Waals surface area contributed by atoms with Crippen molar-refractivity contribution in [1.29, 1.82) is 0 Å². The number of nitrogens with zero attached hydrogens (tertiary/aromatic N) is 4. The highest BCUT2D eigenvalue weighted by Gasteiger charge is 2.42. The van der Waals surface area contributed by atoms with Crippen LogP contribution in [0.15, 0.2) is 72.9 Å². The Hall–Kier alpha value is -3.48. The number of anilines is 1. The number of fused-ring (bicyclic) bond motifs is 1. The molecule has 0 atom stereocenters. The summed E-state index contributed by atoms with van der Waals surface area (Å²) in [6.07, 6.45) is 5.82. The summed E-state index contributed by atoms with van der Waals surface area (Å²) in [5.74, 6) is 0.576. The van der Waals surface area contributed by atoms with E-state index in [1.165, 1.54) is 0 Å². The number of hydrogen-bond acceptors (Lipinski definition) is 5. The van der Waals surface area contributed by atoms with Gasteiger partial charge in [-0.2, -0.15) is 0 Å². The second-order valence-electron chi connectivity index (χ2n) is 10.8. The Morgan fingerprint density at radius 1 is 0.949 bits per heavy atom. The first-order chi connectivity index (χ1) is 19.0. The minimum atomic E-state index is -0.346. The van der Waals surface area contributed by atoms with Gasteiger partial charge in [0.2, 0.25) is 5.95 Å². The van der Waals surface area contributed by atoms with E-state index in [4.69, 9.17) is 21.6 Å². The molecule has 0 unspecified atom stereocenters. The topological polar surface area (TPSA) is 61.4 Å². The molecule has 2 aliphatic rings. The number of likely N-dealkylation sites (N-methyl/N-ethyl adjacent to an activating group) is 1. The van der Waals surface area contributed by atoms with Crippen LogP contribution in [-0.4, -0.2) is 54.0 Å². The van der Waals surface area contributed by atoms with Crippen molar-refractivity contribution in [2.24, 2.45) is 0 Å². The van der Waals surface area contributed by atoms with Gasteiger partial charge in [-0.1, -0.05) is 79.0 Å². The second kappa shape index (κ2) is 10.9. The maximum absolute atomic E-state index is 13.9. The highest BCUT2D eigenvalue weighted by atomic mass is 35.5. The molecule has 0 bridgehead atoms. The average Bonchev–Trinajstić information content (AvgIpc) is 3.47. The van der Waals surface area contributed by atoms with E-state index < -0.39 is 0 Å². The number of halogens is 1. The van der Waals surface area contributed by atoms with E-state index >= 15 is 0 Å². The fraction of sp³-hybridized carbons (Fsp3) is 0.344. The molecular weight excluding hydrogens is 506 g/mol. The third kappa shape index (κ3) is 5.11. The first-order valence-electron chi connectivity index (χ1n) is 13.9. The highest BCUT2D eigenvalue weighted by Crippen LogP contribution is 2.47. The van der Waals surface area contributed by atoms with Crippen LogP contribution in [0.4, 0.5) is 5.95 Å². The fourth-order valence-electron chi connectivity index (χ4n) is 6.19. The van der Waals surface area contributed by atoms with Crippen molar-refractivity contribution in [2.45, 2.75) is 37.6 Å². The molecule has 0 radical (unpaired) electrons. The van der Waals surface area contributed by atoms with Gasteiger partial charge >= 0.3 is 0 Å². The summed E-state index contributed by atoms with van der Waals surface area (Å²) in [5, 5.41) is 6.22. The molecule has 0 spiro atoms. The van der Waals surface area contributed by atoms with Crippen LogP contribution in [0.25, 0.3) is 10.8 Å². The van der Waals surface area contributed by atoms with Gasteiger partial charge in [0.15, 0.2) is 0 Å². The molecule has 1 N–H and O–H groups in total. The monoisotopic (exact) mass is 539 g/mol. The lowest BCUT2D eigenvalue weighted by Crippen LogP contribution is -2.45. The number of nitrogens with one attached hydrogen (secondary N) is 1. The summed E-state index contributed by atoms with van der Waals surface area (Å²) >= 11 is 6.27. The normalized spacial score (nSPS) is 17.4. The fourth-order valence-corrected chi connectivity index (χ4v) is 6.32. The molecule has 1 aromatic heterocycles. The van der Waals surface area contributed by atoms with Crippen LogP contribution >= 0.6 is 11.6 Å². The Bertz CT molecular complexity index is 1470. The Morgan fingerprint density at radius 3 is 2.44 bits per heavy atom. The number of aromatic nitrogens is 2. The molecule has 1 aliphatic carbocycles. The number of amides is 1. The van der Waals surface area contributed by atoms with E-state index in [9.17, 15) is 4.79 Å². The van der Waals surface area contributed by atoms with Crippen LogP contribution in [0.5, 0.6) is 0 Å². The molecule has 200 valence electrons. The Morgan fingerprint density at radius 2 is 1.67 bits per heavy atom. The van der Waals surface area contributed by atoms with E-state index in [1.54, 1.807) is 6.20 Å².